The van der Waals surface area contributed by atoms with Gasteiger partial charge >= 0.3 is 0 Å². The lowest BCUT2D eigenvalue weighted by Crippen LogP contribution is -2.48. The molecule has 5 nitrogen and oxygen atoms in total. The van der Waals surface area contributed by atoms with Crippen LogP contribution in [0.15, 0.2) is 54.7 Å². The molecule has 7 heteroatoms. The van der Waals surface area contributed by atoms with Crippen molar-refractivity contribution in [1.82, 2.24) is 15.6 Å². The molecule has 35 heavy (non-hydrogen) atoms. The minimum Gasteiger partial charge on any atom is -0.390 e. The molecule has 0 bridgehead atoms. The molecule has 1 aromatic heterocycles. The summed E-state index contributed by atoms with van der Waals surface area (Å²) in [5.41, 5.74) is 4.94. The number of nitrogens with one attached hydrogen (secondary N) is 3. The van der Waals surface area contributed by atoms with Crippen molar-refractivity contribution >= 4 is 5.91 Å². The Morgan fingerprint density at radius 3 is 2.37 bits per heavy atom. The molecule has 0 aliphatic carbocycles. The largest absolute Gasteiger partial charge is 0.390 e. The van der Waals surface area contributed by atoms with Crippen LogP contribution in [0.1, 0.15) is 44.4 Å². The Balaban J connectivity index is 1.72. The topological polar surface area (TPSA) is 77.2 Å². The van der Waals surface area contributed by atoms with Gasteiger partial charge in [-0.25, -0.2) is 8.78 Å². The second kappa shape index (κ2) is 11.6. The van der Waals surface area contributed by atoms with Crippen molar-refractivity contribution in [2.45, 2.75) is 59.2 Å². The molecular weight excluding hydrogens is 448 g/mol. The molecule has 2 aromatic carbocycles. The first-order valence-electron chi connectivity index (χ1n) is 11.9. The number of aliphatic hydroxyl groups is 1. The van der Waals surface area contributed by atoms with Crippen LogP contribution in [0, 0.1) is 17.0 Å². The second-order valence-corrected chi connectivity index (χ2v) is 10.3. The lowest BCUT2D eigenvalue weighted by Gasteiger charge is -2.25. The van der Waals surface area contributed by atoms with E-state index in [0.717, 1.165) is 29.3 Å². The fourth-order valence-electron chi connectivity index (χ4n) is 4.24. The summed E-state index contributed by atoms with van der Waals surface area (Å²) >= 11 is 0. The zero-order valence-corrected chi connectivity index (χ0v) is 20.8. The lowest BCUT2D eigenvalue weighted by molar-refractivity contribution is -0.120. The molecule has 188 valence electrons. The Hall–Kier alpha value is -3.03. The van der Waals surface area contributed by atoms with Gasteiger partial charge in [0.15, 0.2) is 0 Å². The normalized spacial score (nSPS) is 13.5. The molecule has 0 fully saturated rings. The highest BCUT2D eigenvalue weighted by atomic mass is 19.1. The summed E-state index contributed by atoms with van der Waals surface area (Å²) in [7, 11) is 0. The minimum atomic E-state index is -0.956. The summed E-state index contributed by atoms with van der Waals surface area (Å²) in [6.07, 6.45) is 1.94. The van der Waals surface area contributed by atoms with E-state index in [9.17, 15) is 18.7 Å². The average molecular weight is 484 g/mol. The lowest BCUT2D eigenvalue weighted by atomic mass is 9.85. The zero-order chi connectivity index (χ0) is 25.6. The molecule has 0 radical (unpaired) electrons. The van der Waals surface area contributed by atoms with Crippen molar-refractivity contribution in [3.8, 4) is 11.3 Å². The van der Waals surface area contributed by atoms with Crippen LogP contribution in [0.4, 0.5) is 8.78 Å². The molecule has 0 spiro atoms. The monoisotopic (exact) mass is 483 g/mol. The van der Waals surface area contributed by atoms with Crippen molar-refractivity contribution in [3.63, 3.8) is 0 Å². The van der Waals surface area contributed by atoms with Crippen LogP contribution in [0.2, 0.25) is 0 Å². The SMILES string of the molecule is CC(=O)NC(Cc1cc(F)cc(F)c1)C(O)CNCc1cc(-c2ccc[nH]2)ccc1CC(C)(C)C. The second-order valence-electron chi connectivity index (χ2n) is 10.3. The van der Waals surface area contributed by atoms with Gasteiger partial charge in [0.25, 0.3) is 0 Å². The fourth-order valence-corrected chi connectivity index (χ4v) is 4.24. The Bertz CT molecular complexity index is 1100. The van der Waals surface area contributed by atoms with Crippen molar-refractivity contribution in [2.24, 2.45) is 5.41 Å². The minimum absolute atomic E-state index is 0.106. The predicted molar refractivity (Wildman–Crippen MR) is 135 cm³/mol. The Morgan fingerprint density at radius 2 is 1.77 bits per heavy atom. The number of aliphatic hydroxyl groups excluding tert-OH is 1. The van der Waals surface area contributed by atoms with E-state index in [0.29, 0.717) is 12.1 Å². The molecule has 0 aliphatic heterocycles. The van der Waals surface area contributed by atoms with E-state index in [1.54, 1.807) is 0 Å². The molecule has 0 saturated carbocycles. The van der Waals surface area contributed by atoms with Crippen LogP contribution in [0.3, 0.4) is 0 Å². The predicted octanol–water partition coefficient (Wildman–Crippen LogP) is 4.75. The zero-order valence-electron chi connectivity index (χ0n) is 20.8. The number of rotatable bonds is 10. The molecule has 3 rings (SSSR count). The number of carbonyl (C=O) groups excluding carboxylic acids is 1. The summed E-state index contributed by atoms with van der Waals surface area (Å²) in [6, 6.07) is 12.9. The van der Waals surface area contributed by atoms with Gasteiger partial charge in [0.05, 0.1) is 12.1 Å². The van der Waals surface area contributed by atoms with Crippen molar-refractivity contribution in [2.75, 3.05) is 6.54 Å². The third-order valence-electron chi connectivity index (χ3n) is 5.74. The van der Waals surface area contributed by atoms with Crippen LogP contribution in [0.5, 0.6) is 0 Å². The van der Waals surface area contributed by atoms with Gasteiger partial charge in [-0.3, -0.25) is 4.79 Å². The van der Waals surface area contributed by atoms with Crippen molar-refractivity contribution in [1.29, 1.82) is 0 Å². The van der Waals surface area contributed by atoms with Gasteiger partial charge in [-0.05, 0) is 70.8 Å². The molecular formula is C28H35F2N3O2. The van der Waals surface area contributed by atoms with Crippen molar-refractivity contribution < 1.29 is 18.7 Å². The van der Waals surface area contributed by atoms with Gasteiger partial charge in [-0.15, -0.1) is 0 Å². The summed E-state index contributed by atoms with van der Waals surface area (Å²) in [4.78, 5) is 14.9. The number of hydrogen-bond acceptors (Lipinski definition) is 3. The van der Waals surface area contributed by atoms with E-state index in [1.165, 1.54) is 24.6 Å². The Morgan fingerprint density at radius 1 is 1.06 bits per heavy atom. The number of carbonyl (C=O) groups is 1. The molecule has 3 aromatic rings. The summed E-state index contributed by atoms with van der Waals surface area (Å²) in [5, 5.41) is 16.8. The van der Waals surface area contributed by atoms with E-state index in [4.69, 9.17) is 0 Å². The highest BCUT2D eigenvalue weighted by Gasteiger charge is 2.22. The summed E-state index contributed by atoms with van der Waals surface area (Å²) < 4.78 is 27.2. The molecule has 0 saturated heterocycles. The molecule has 1 amide bonds. The van der Waals surface area contributed by atoms with Crippen LogP contribution < -0.4 is 10.6 Å². The highest BCUT2D eigenvalue weighted by molar-refractivity contribution is 5.73. The maximum absolute atomic E-state index is 13.6. The first kappa shape index (κ1) is 26.6. The van der Waals surface area contributed by atoms with Gasteiger partial charge in [0.1, 0.15) is 11.6 Å². The summed E-state index contributed by atoms with van der Waals surface area (Å²) in [6.45, 7) is 8.66. The quantitative estimate of drug-likeness (QED) is 0.336. The Kier molecular flexibility index (Phi) is 8.81. The van der Waals surface area contributed by atoms with Gasteiger partial charge in [-0.1, -0.05) is 32.9 Å². The van der Waals surface area contributed by atoms with Crippen LogP contribution in [-0.4, -0.2) is 34.7 Å². The van der Waals surface area contributed by atoms with Gasteiger partial charge in [0.2, 0.25) is 5.91 Å². The van der Waals surface area contributed by atoms with E-state index in [-0.39, 0.29) is 24.3 Å². The van der Waals surface area contributed by atoms with Crippen molar-refractivity contribution in [3.05, 3.63) is 83.1 Å². The highest BCUT2D eigenvalue weighted by Crippen LogP contribution is 2.27. The van der Waals surface area contributed by atoms with E-state index >= 15 is 0 Å². The van der Waals surface area contributed by atoms with E-state index < -0.39 is 23.8 Å². The molecule has 0 aliphatic rings. The van der Waals surface area contributed by atoms with Crippen LogP contribution in [-0.2, 0) is 24.2 Å². The number of aromatic amines is 1. The first-order chi connectivity index (χ1) is 16.5. The summed E-state index contributed by atoms with van der Waals surface area (Å²) in [5.74, 6) is -1.71. The average Bonchev–Trinajstić information content (AvgIpc) is 3.27. The van der Waals surface area contributed by atoms with E-state index in [1.807, 2.05) is 18.3 Å². The number of hydrogen-bond donors (Lipinski definition) is 4. The number of H-pyrrole nitrogens is 1. The maximum atomic E-state index is 13.6. The van der Waals surface area contributed by atoms with Gasteiger partial charge < -0.3 is 20.7 Å². The molecule has 2 unspecified atom stereocenters. The number of aromatic nitrogens is 1. The van der Waals surface area contributed by atoms with Gasteiger partial charge in [-0.2, -0.15) is 0 Å². The Labute approximate surface area is 206 Å². The van der Waals surface area contributed by atoms with Crippen LogP contribution >= 0.6 is 0 Å². The molecule has 2 atom stereocenters. The molecule has 4 N–H and O–H groups in total. The third-order valence-corrected chi connectivity index (χ3v) is 5.74. The number of amides is 1. The van der Waals surface area contributed by atoms with E-state index in [2.05, 4.69) is 54.6 Å². The fraction of sp³-hybridized carbons (Fsp3) is 0.393. The standard InChI is InChI=1S/C28H35F2N3O2/c1-18(34)33-26(12-19-10-23(29)14-24(30)11-19)27(35)17-31-16-22-13-20(25-6-5-9-32-25)7-8-21(22)15-28(2,3)4/h5-11,13-14,26-27,31-32,35H,12,15-17H2,1-4H3,(H,33,34). The molecule has 1 heterocycles. The smallest absolute Gasteiger partial charge is 0.217 e. The number of halogens is 2. The first-order valence-corrected chi connectivity index (χ1v) is 11.9. The van der Waals surface area contributed by atoms with Gasteiger partial charge in [0, 0.05) is 38.0 Å². The third kappa shape index (κ3) is 8.30. The maximum Gasteiger partial charge on any atom is 0.217 e. The number of benzene rings is 2. The van der Waals surface area contributed by atoms with Crippen LogP contribution in [0.25, 0.3) is 11.3 Å².